The van der Waals surface area contributed by atoms with E-state index in [1.807, 2.05) is 6.92 Å². The highest BCUT2D eigenvalue weighted by atomic mass is 35.5. The highest BCUT2D eigenvalue weighted by Crippen LogP contribution is 2.39. The number of nitrogens with one attached hydrogen (secondary N) is 1. The molecule has 1 aliphatic rings. The molecule has 0 aliphatic heterocycles. The van der Waals surface area contributed by atoms with Gasteiger partial charge in [-0.3, -0.25) is 5.41 Å². The standard InChI is InChI=1S/C6H6Cl6.C2H5Cl.CH5N3/c7-1-2(8)4(10)6(12)5(11)3(1)9;1-2-3;2-1(3)4/h1-6H;2H2,1H3;(H5,2,3,4)/t1-,2-,3-,4+,5+,6+;;. The summed E-state index contributed by atoms with van der Waals surface area (Å²) in [6, 6.07) is 0. The molecule has 10 heteroatoms. The van der Waals surface area contributed by atoms with E-state index in [9.17, 15) is 0 Å². The van der Waals surface area contributed by atoms with Gasteiger partial charge in [0.25, 0.3) is 0 Å². The molecule has 0 aromatic heterocycles. The van der Waals surface area contributed by atoms with Gasteiger partial charge in [0.1, 0.15) is 0 Å². The SMILES string of the molecule is CCCl.Cl[C@H]1[C@H](Cl)[C@@H](Cl)[C@@H](Cl)[C@H](Cl)[C@H]1Cl.N=C(N)N. The topological polar surface area (TPSA) is 75.9 Å². The van der Waals surface area contributed by atoms with Crippen molar-refractivity contribution in [2.75, 3.05) is 5.88 Å². The molecule has 0 saturated heterocycles. The lowest BCUT2D eigenvalue weighted by atomic mass is 9.97. The summed E-state index contributed by atoms with van der Waals surface area (Å²) in [4.78, 5) is 0. The summed E-state index contributed by atoms with van der Waals surface area (Å²) in [7, 11) is 0. The van der Waals surface area contributed by atoms with Crippen LogP contribution in [0.2, 0.25) is 0 Å². The van der Waals surface area contributed by atoms with Crippen molar-refractivity contribution in [1.82, 2.24) is 0 Å². The van der Waals surface area contributed by atoms with Crippen LogP contribution in [0.5, 0.6) is 0 Å². The maximum absolute atomic E-state index is 6.06. The van der Waals surface area contributed by atoms with Crippen molar-refractivity contribution >= 4 is 87.2 Å². The van der Waals surface area contributed by atoms with Gasteiger partial charge < -0.3 is 11.5 Å². The van der Waals surface area contributed by atoms with Gasteiger partial charge in [0.05, 0.1) is 32.3 Å². The average Bonchev–Trinajstić information content (AvgIpc) is 2.32. The summed E-state index contributed by atoms with van der Waals surface area (Å²) >= 11 is 40.3. The number of halogens is 7. The molecule has 0 bridgehead atoms. The summed E-state index contributed by atoms with van der Waals surface area (Å²) in [5.41, 5.74) is 8.94. The molecule has 3 nitrogen and oxygen atoms in total. The Balaban J connectivity index is 0. The molecule has 116 valence electrons. The van der Waals surface area contributed by atoms with Crippen LogP contribution < -0.4 is 11.5 Å². The van der Waals surface area contributed by atoms with Gasteiger partial charge in [-0.2, -0.15) is 0 Å². The molecule has 0 spiro atoms. The average molecular weight is 414 g/mol. The molecular formula is C9H16Cl7N3. The minimum atomic E-state index is -0.437. The van der Waals surface area contributed by atoms with Crippen LogP contribution in [-0.4, -0.2) is 44.1 Å². The van der Waals surface area contributed by atoms with Crippen LogP contribution in [-0.2, 0) is 0 Å². The fourth-order valence-corrected chi connectivity index (χ4v) is 3.38. The third kappa shape index (κ3) is 9.02. The van der Waals surface area contributed by atoms with Gasteiger partial charge in [-0.15, -0.1) is 81.2 Å². The van der Waals surface area contributed by atoms with Gasteiger partial charge in [0.15, 0.2) is 5.96 Å². The second kappa shape index (κ2) is 11.9. The second-order valence-corrected chi connectivity index (χ2v) is 6.95. The Labute approximate surface area is 148 Å². The number of nitrogens with two attached hydrogens (primary N) is 2. The maximum Gasteiger partial charge on any atom is 0.183 e. The van der Waals surface area contributed by atoms with Gasteiger partial charge in [0.2, 0.25) is 0 Å². The Morgan fingerprint density at radius 1 is 0.789 bits per heavy atom. The molecule has 1 rings (SSSR count). The Kier molecular flexibility index (Phi) is 14.1. The molecule has 1 aliphatic carbocycles. The smallest absolute Gasteiger partial charge is 0.183 e. The highest BCUT2D eigenvalue weighted by molar-refractivity contribution is 6.45. The molecule has 0 atom stereocenters. The molecule has 1 saturated carbocycles. The first-order valence-corrected chi connectivity index (χ1v) is 8.26. The normalized spacial score (nSPS) is 37.3. The number of hydrogen-bond acceptors (Lipinski definition) is 1. The highest BCUT2D eigenvalue weighted by Gasteiger charge is 2.46. The van der Waals surface area contributed by atoms with Crippen LogP contribution in [0.4, 0.5) is 0 Å². The van der Waals surface area contributed by atoms with Crippen molar-refractivity contribution in [1.29, 1.82) is 5.41 Å². The molecule has 5 N–H and O–H groups in total. The number of hydrogen-bond donors (Lipinski definition) is 3. The molecule has 0 aromatic carbocycles. The maximum atomic E-state index is 6.06. The summed E-state index contributed by atoms with van der Waals surface area (Å²) in [5, 5.41) is 3.44. The van der Waals surface area contributed by atoms with Gasteiger partial charge in [-0.1, -0.05) is 6.92 Å². The molecule has 0 radical (unpaired) electrons. The van der Waals surface area contributed by atoms with Crippen molar-refractivity contribution < 1.29 is 0 Å². The van der Waals surface area contributed by atoms with Gasteiger partial charge >= 0.3 is 0 Å². The van der Waals surface area contributed by atoms with Crippen LogP contribution in [0.15, 0.2) is 0 Å². The largest absolute Gasteiger partial charge is 0.370 e. The number of alkyl halides is 7. The molecule has 0 unspecified atom stereocenters. The lowest BCUT2D eigenvalue weighted by Gasteiger charge is -2.37. The van der Waals surface area contributed by atoms with Crippen LogP contribution in [0.25, 0.3) is 0 Å². The van der Waals surface area contributed by atoms with E-state index in [1.165, 1.54) is 0 Å². The van der Waals surface area contributed by atoms with Crippen LogP contribution in [0.1, 0.15) is 6.92 Å². The quantitative estimate of drug-likeness (QED) is 0.321. The molecule has 0 aromatic rings. The zero-order chi connectivity index (χ0) is 15.7. The van der Waals surface area contributed by atoms with E-state index in [4.69, 9.17) is 86.6 Å². The molecule has 1 fully saturated rings. The molecular weight excluding hydrogens is 398 g/mol. The van der Waals surface area contributed by atoms with E-state index < -0.39 is 32.3 Å². The monoisotopic (exact) mass is 411 g/mol. The summed E-state index contributed by atoms with van der Waals surface area (Å²) in [6.45, 7) is 1.89. The lowest BCUT2D eigenvalue weighted by Crippen LogP contribution is -2.52. The molecule has 19 heavy (non-hydrogen) atoms. The Morgan fingerprint density at radius 3 is 0.895 bits per heavy atom. The summed E-state index contributed by atoms with van der Waals surface area (Å²) in [6.07, 6.45) is 0. The molecule has 0 amide bonds. The van der Waals surface area contributed by atoms with E-state index in [2.05, 4.69) is 11.5 Å². The Bertz CT molecular complexity index is 193. The number of guanidine groups is 1. The lowest BCUT2D eigenvalue weighted by molar-refractivity contribution is 0.544. The first-order chi connectivity index (χ1) is 8.61. The zero-order valence-electron chi connectivity index (χ0n) is 9.97. The fraction of sp³-hybridized carbons (Fsp3) is 0.889. The summed E-state index contributed by atoms with van der Waals surface area (Å²) < 4.78 is 0. The predicted molar refractivity (Wildman–Crippen MR) is 90.3 cm³/mol. The molecule has 0 heterocycles. The van der Waals surface area contributed by atoms with E-state index in [1.54, 1.807) is 0 Å². The fourth-order valence-electron chi connectivity index (χ4n) is 1.05. The van der Waals surface area contributed by atoms with E-state index in [-0.39, 0.29) is 5.96 Å². The van der Waals surface area contributed by atoms with Crippen molar-refractivity contribution in [3.63, 3.8) is 0 Å². The Morgan fingerprint density at radius 2 is 0.842 bits per heavy atom. The number of rotatable bonds is 0. The third-order valence-corrected chi connectivity index (χ3v) is 5.86. The van der Waals surface area contributed by atoms with Crippen LogP contribution in [0, 0.1) is 5.41 Å². The van der Waals surface area contributed by atoms with E-state index in [0.717, 1.165) is 5.88 Å². The Hall–Kier alpha value is 1.30. The van der Waals surface area contributed by atoms with Gasteiger partial charge in [-0.05, 0) is 0 Å². The third-order valence-electron chi connectivity index (χ3n) is 1.83. The second-order valence-electron chi connectivity index (χ2n) is 3.39. The van der Waals surface area contributed by atoms with E-state index in [0.29, 0.717) is 0 Å². The van der Waals surface area contributed by atoms with E-state index >= 15 is 0 Å². The van der Waals surface area contributed by atoms with Gasteiger partial charge in [-0.25, -0.2) is 0 Å². The van der Waals surface area contributed by atoms with Crippen LogP contribution in [0.3, 0.4) is 0 Å². The summed E-state index contributed by atoms with van der Waals surface area (Å²) in [5.74, 6) is 0.389. The minimum absolute atomic E-state index is 0.333. The predicted octanol–water partition coefficient (Wildman–Crippen LogP) is 3.73. The minimum Gasteiger partial charge on any atom is -0.370 e. The van der Waals surface area contributed by atoms with Crippen molar-refractivity contribution in [2.45, 2.75) is 39.2 Å². The van der Waals surface area contributed by atoms with Crippen molar-refractivity contribution in [2.24, 2.45) is 11.5 Å². The van der Waals surface area contributed by atoms with Crippen molar-refractivity contribution in [3.8, 4) is 0 Å². The van der Waals surface area contributed by atoms with Crippen LogP contribution >= 0.6 is 81.2 Å². The first kappa shape index (κ1) is 22.6. The first-order valence-electron chi connectivity index (χ1n) is 5.11. The van der Waals surface area contributed by atoms with Gasteiger partial charge in [0, 0.05) is 5.88 Å². The van der Waals surface area contributed by atoms with Crippen molar-refractivity contribution in [3.05, 3.63) is 0 Å². The zero-order valence-corrected chi connectivity index (χ0v) is 15.3.